The molecule has 0 aliphatic heterocycles. The first kappa shape index (κ1) is 20.7. The van der Waals surface area contributed by atoms with Gasteiger partial charge in [-0.1, -0.05) is 58.4 Å². The van der Waals surface area contributed by atoms with Gasteiger partial charge in [0.05, 0.1) is 6.54 Å². The molecule has 0 aromatic rings. The Balaban J connectivity index is 2.73. The Labute approximate surface area is 150 Å². The van der Waals surface area contributed by atoms with Crippen LogP contribution in [0.25, 0.3) is 0 Å². The lowest BCUT2D eigenvalue weighted by Gasteiger charge is -2.31. The first-order valence-electron chi connectivity index (χ1n) is 8.70. The van der Waals surface area contributed by atoms with E-state index in [0.717, 1.165) is 24.5 Å². The molecule has 5 heteroatoms. The number of rotatable bonds is 8. The molecule has 1 amide bonds. The highest BCUT2D eigenvalue weighted by Gasteiger charge is 2.30. The van der Waals surface area contributed by atoms with Crippen LogP contribution in [-0.4, -0.2) is 25.2 Å². The molecule has 0 saturated carbocycles. The minimum absolute atomic E-state index is 0.0703. The lowest BCUT2D eigenvalue weighted by molar-refractivity contribution is -0.137. The number of hydrogen-bond acceptors (Lipinski definition) is 4. The van der Waals surface area contributed by atoms with Crippen molar-refractivity contribution in [3.05, 3.63) is 48.3 Å². The van der Waals surface area contributed by atoms with Crippen LogP contribution in [0.3, 0.4) is 0 Å². The van der Waals surface area contributed by atoms with Crippen LogP contribution in [0, 0.1) is 11.3 Å². The molecule has 0 fully saturated rings. The zero-order valence-electron chi connectivity index (χ0n) is 15.6. The Kier molecular flexibility index (Phi) is 8.19. The van der Waals surface area contributed by atoms with E-state index in [9.17, 15) is 9.59 Å². The van der Waals surface area contributed by atoms with Crippen molar-refractivity contribution >= 4 is 12.1 Å². The van der Waals surface area contributed by atoms with E-state index < -0.39 is 12.1 Å². The highest BCUT2D eigenvalue weighted by atomic mass is 16.6. The number of amides is 1. The van der Waals surface area contributed by atoms with Crippen LogP contribution in [0.2, 0.25) is 0 Å². The molecule has 1 rings (SSSR count). The maximum atomic E-state index is 12.0. The van der Waals surface area contributed by atoms with Crippen LogP contribution in [-0.2, 0) is 14.3 Å². The second-order valence-electron chi connectivity index (χ2n) is 6.28. The zero-order valence-corrected chi connectivity index (χ0v) is 15.6. The van der Waals surface area contributed by atoms with Gasteiger partial charge in [0.2, 0.25) is 0 Å². The Hall–Kier alpha value is -2.30. The van der Waals surface area contributed by atoms with Crippen LogP contribution in [0.5, 0.6) is 0 Å². The number of carbonyl (C=O) groups excluding carboxylic acids is 2. The van der Waals surface area contributed by atoms with Crippen LogP contribution < -0.4 is 5.32 Å². The second kappa shape index (κ2) is 9.87. The van der Waals surface area contributed by atoms with Crippen molar-refractivity contribution in [2.45, 2.75) is 40.5 Å². The molecule has 0 aromatic carbocycles. The number of hydrogen-bond donors (Lipinski definition) is 1. The molecule has 1 aliphatic carbocycles. The standard InChI is InChI=1S/C20H29NO4/c1-6-16(7-2)20(5)11-9-10-15(4)17(14-20)25-19(23)21-12-13-24-18(22)8-3/h8-11,14,16H,3,6-7,12-13H2,1-2,4-5H3,(H,21,23). The predicted molar refractivity (Wildman–Crippen MR) is 98.8 cm³/mol. The quantitative estimate of drug-likeness (QED) is 0.404. The number of nitrogens with one attached hydrogen (secondary N) is 1. The van der Waals surface area contributed by atoms with Gasteiger partial charge in [-0.25, -0.2) is 9.59 Å². The molecule has 0 bridgehead atoms. The summed E-state index contributed by atoms with van der Waals surface area (Å²) in [4.78, 5) is 23.0. The van der Waals surface area contributed by atoms with Crippen molar-refractivity contribution < 1.29 is 19.1 Å². The summed E-state index contributed by atoms with van der Waals surface area (Å²) in [5, 5.41) is 2.57. The zero-order chi connectivity index (χ0) is 18.9. The summed E-state index contributed by atoms with van der Waals surface area (Å²) >= 11 is 0. The highest BCUT2D eigenvalue weighted by Crippen LogP contribution is 2.39. The molecule has 25 heavy (non-hydrogen) atoms. The summed E-state index contributed by atoms with van der Waals surface area (Å²) < 4.78 is 10.3. The average molecular weight is 347 g/mol. The number of ether oxygens (including phenoxy) is 2. The molecule has 1 unspecified atom stereocenters. The molecule has 1 N–H and O–H groups in total. The van der Waals surface area contributed by atoms with Crippen molar-refractivity contribution in [2.24, 2.45) is 11.3 Å². The van der Waals surface area contributed by atoms with E-state index in [1.807, 2.05) is 25.2 Å². The second-order valence-corrected chi connectivity index (χ2v) is 6.28. The van der Waals surface area contributed by atoms with E-state index in [0.29, 0.717) is 11.7 Å². The van der Waals surface area contributed by atoms with E-state index in [-0.39, 0.29) is 18.6 Å². The summed E-state index contributed by atoms with van der Waals surface area (Å²) in [6.45, 7) is 12.0. The van der Waals surface area contributed by atoms with Gasteiger partial charge in [-0.15, -0.1) is 0 Å². The van der Waals surface area contributed by atoms with Crippen LogP contribution >= 0.6 is 0 Å². The van der Waals surface area contributed by atoms with Gasteiger partial charge >= 0.3 is 12.1 Å². The summed E-state index contributed by atoms with van der Waals surface area (Å²) in [6, 6.07) is 0. The Morgan fingerprint density at radius 1 is 1.36 bits per heavy atom. The third-order valence-electron chi connectivity index (χ3n) is 4.48. The van der Waals surface area contributed by atoms with E-state index in [1.54, 1.807) is 0 Å². The summed E-state index contributed by atoms with van der Waals surface area (Å²) in [5.74, 6) is 0.496. The molecule has 0 aromatic heterocycles. The van der Waals surface area contributed by atoms with E-state index in [4.69, 9.17) is 9.47 Å². The molecule has 0 spiro atoms. The SMILES string of the molecule is C=CC(=O)OCCNC(=O)OC1=CC(C)(C(CC)CC)C=CC=C1C. The molecule has 0 saturated heterocycles. The van der Waals surface area contributed by atoms with Crippen molar-refractivity contribution in [1.82, 2.24) is 5.32 Å². The van der Waals surface area contributed by atoms with Gasteiger partial charge in [-0.2, -0.15) is 0 Å². The topological polar surface area (TPSA) is 64.6 Å². The maximum Gasteiger partial charge on any atom is 0.412 e. The molecular formula is C20H29NO4. The first-order valence-corrected chi connectivity index (χ1v) is 8.70. The molecule has 1 atom stereocenters. The first-order chi connectivity index (χ1) is 11.9. The highest BCUT2D eigenvalue weighted by molar-refractivity contribution is 5.81. The molecular weight excluding hydrogens is 318 g/mol. The van der Waals surface area contributed by atoms with Gasteiger partial charge in [0.25, 0.3) is 0 Å². The molecule has 1 aliphatic rings. The number of carbonyl (C=O) groups is 2. The predicted octanol–water partition coefficient (Wildman–Crippen LogP) is 4.28. The van der Waals surface area contributed by atoms with Gasteiger partial charge < -0.3 is 14.8 Å². The minimum atomic E-state index is -0.567. The van der Waals surface area contributed by atoms with Crippen LogP contribution in [0.15, 0.2) is 48.3 Å². The minimum Gasteiger partial charge on any atom is -0.461 e. The smallest absolute Gasteiger partial charge is 0.412 e. The number of allylic oxidation sites excluding steroid dienone is 5. The fraction of sp³-hybridized carbons (Fsp3) is 0.500. The van der Waals surface area contributed by atoms with Crippen molar-refractivity contribution in [3.8, 4) is 0 Å². The van der Waals surface area contributed by atoms with Gasteiger partial charge in [0.1, 0.15) is 12.4 Å². The third kappa shape index (κ3) is 6.25. The fourth-order valence-corrected chi connectivity index (χ4v) is 2.96. The number of esters is 1. The third-order valence-corrected chi connectivity index (χ3v) is 4.48. The van der Waals surface area contributed by atoms with Crippen molar-refractivity contribution in [1.29, 1.82) is 0 Å². The summed E-state index contributed by atoms with van der Waals surface area (Å²) in [6.07, 6.45) is 10.7. The number of alkyl carbamates (subject to hydrolysis) is 1. The lowest BCUT2D eigenvalue weighted by atomic mass is 9.73. The summed E-state index contributed by atoms with van der Waals surface area (Å²) in [5.41, 5.74) is 0.714. The van der Waals surface area contributed by atoms with Gasteiger partial charge in [0.15, 0.2) is 0 Å². The Morgan fingerprint density at radius 3 is 2.64 bits per heavy atom. The lowest BCUT2D eigenvalue weighted by Crippen LogP contribution is -2.29. The molecule has 0 radical (unpaired) electrons. The normalized spacial score (nSPS) is 19.6. The Bertz CT molecular complexity index is 585. The van der Waals surface area contributed by atoms with Gasteiger partial charge in [-0.3, -0.25) is 0 Å². The average Bonchev–Trinajstić information content (AvgIpc) is 2.71. The van der Waals surface area contributed by atoms with Crippen LogP contribution in [0.4, 0.5) is 4.79 Å². The van der Waals surface area contributed by atoms with Crippen molar-refractivity contribution in [2.75, 3.05) is 13.2 Å². The molecule has 0 heterocycles. The van der Waals surface area contributed by atoms with Crippen LogP contribution in [0.1, 0.15) is 40.5 Å². The fourth-order valence-electron chi connectivity index (χ4n) is 2.96. The van der Waals surface area contributed by atoms with E-state index >= 15 is 0 Å². The molecule has 5 nitrogen and oxygen atoms in total. The summed E-state index contributed by atoms with van der Waals surface area (Å²) in [7, 11) is 0. The van der Waals surface area contributed by atoms with Gasteiger partial charge in [0, 0.05) is 11.5 Å². The molecule has 138 valence electrons. The van der Waals surface area contributed by atoms with E-state index in [1.165, 1.54) is 0 Å². The van der Waals surface area contributed by atoms with Gasteiger partial charge in [-0.05, 0) is 24.5 Å². The maximum absolute atomic E-state index is 12.0. The largest absolute Gasteiger partial charge is 0.461 e. The van der Waals surface area contributed by atoms with E-state index in [2.05, 4.69) is 38.7 Å². The Morgan fingerprint density at radius 2 is 2.04 bits per heavy atom. The van der Waals surface area contributed by atoms with Crippen molar-refractivity contribution in [3.63, 3.8) is 0 Å². The monoisotopic (exact) mass is 347 g/mol.